The van der Waals surface area contributed by atoms with Crippen LogP contribution in [0.2, 0.25) is 0 Å². The molecule has 0 aliphatic rings. The van der Waals surface area contributed by atoms with E-state index in [2.05, 4.69) is 12.2 Å². The smallest absolute Gasteiger partial charge is 0.359 e. The number of hydrogen-bond donors (Lipinski definition) is 1. The van der Waals surface area contributed by atoms with Gasteiger partial charge in [0.05, 0.1) is 0 Å². The van der Waals surface area contributed by atoms with Crippen LogP contribution in [-0.4, -0.2) is 11.7 Å². The second-order valence-electron chi connectivity index (χ2n) is 2.63. The van der Waals surface area contributed by atoms with Gasteiger partial charge < -0.3 is 5.32 Å². The second-order valence-corrected chi connectivity index (χ2v) is 2.84. The Morgan fingerprint density at radius 2 is 1.79 bits per heavy atom. The molecule has 0 saturated heterocycles. The highest BCUT2D eigenvalue weighted by atomic mass is 32.1. The minimum Gasteiger partial charge on any atom is -0.359 e. The molecule has 5 heteroatoms. The average Bonchev–Trinajstić information content (AvgIpc) is 2.14. The van der Waals surface area contributed by atoms with E-state index in [4.69, 9.17) is 0 Å². The van der Waals surface area contributed by atoms with E-state index in [-0.39, 0.29) is 5.56 Å². The van der Waals surface area contributed by atoms with Gasteiger partial charge in [-0.05, 0) is 5.56 Å². The van der Waals surface area contributed by atoms with Gasteiger partial charge in [-0.3, -0.25) is 0 Å². The first kappa shape index (κ1) is 11.0. The van der Waals surface area contributed by atoms with Crippen molar-refractivity contribution in [1.29, 1.82) is 0 Å². The zero-order valence-corrected chi connectivity index (χ0v) is 7.82. The third-order valence-corrected chi connectivity index (χ3v) is 1.78. The standard InChI is InChI=1S/C9H7F3NS/c10-9(11,12)8(13-6-14)7-4-2-1-3-5-7/h1-5,8H,(H,13,14). The monoisotopic (exact) mass is 218 g/mol. The van der Waals surface area contributed by atoms with Crippen LogP contribution in [0.5, 0.6) is 0 Å². The molecular formula is C9H7F3NS. The Kier molecular flexibility index (Phi) is 3.46. The van der Waals surface area contributed by atoms with Gasteiger partial charge in [-0.1, -0.05) is 42.5 Å². The summed E-state index contributed by atoms with van der Waals surface area (Å²) in [6, 6.07) is 5.73. The summed E-state index contributed by atoms with van der Waals surface area (Å²) in [5.74, 6) is 0. The summed E-state index contributed by atoms with van der Waals surface area (Å²) in [5, 5.41) is 1.98. The van der Waals surface area contributed by atoms with Crippen LogP contribution in [0, 0.1) is 0 Å². The fourth-order valence-corrected chi connectivity index (χ4v) is 1.18. The Labute approximate surface area is 84.9 Å². The van der Waals surface area contributed by atoms with Crippen molar-refractivity contribution >= 4 is 17.7 Å². The van der Waals surface area contributed by atoms with Gasteiger partial charge in [-0.2, -0.15) is 13.2 Å². The normalized spacial score (nSPS) is 13.4. The summed E-state index contributed by atoms with van der Waals surface area (Å²) in [4.78, 5) is 0. The van der Waals surface area contributed by atoms with Crippen molar-refractivity contribution in [3.8, 4) is 0 Å². The van der Waals surface area contributed by atoms with E-state index in [9.17, 15) is 13.2 Å². The van der Waals surface area contributed by atoms with Crippen molar-refractivity contribution in [2.24, 2.45) is 0 Å². The highest BCUT2D eigenvalue weighted by Gasteiger charge is 2.40. The van der Waals surface area contributed by atoms with E-state index in [1.165, 1.54) is 12.1 Å². The van der Waals surface area contributed by atoms with Crippen molar-refractivity contribution in [2.75, 3.05) is 0 Å². The lowest BCUT2D eigenvalue weighted by Crippen LogP contribution is -2.32. The predicted molar refractivity (Wildman–Crippen MR) is 51.0 cm³/mol. The van der Waals surface area contributed by atoms with Gasteiger partial charge in [0.1, 0.15) is 11.5 Å². The van der Waals surface area contributed by atoms with Crippen LogP contribution in [0.15, 0.2) is 30.3 Å². The molecular weight excluding hydrogens is 211 g/mol. The van der Waals surface area contributed by atoms with Gasteiger partial charge in [0.2, 0.25) is 0 Å². The van der Waals surface area contributed by atoms with Crippen LogP contribution in [0.25, 0.3) is 0 Å². The van der Waals surface area contributed by atoms with Crippen molar-refractivity contribution in [2.45, 2.75) is 12.2 Å². The molecule has 1 aromatic rings. The highest BCUT2D eigenvalue weighted by molar-refractivity contribution is 7.78. The maximum Gasteiger partial charge on any atom is 0.412 e. The van der Waals surface area contributed by atoms with Crippen molar-refractivity contribution in [3.63, 3.8) is 0 Å². The lowest BCUT2D eigenvalue weighted by atomic mass is 10.1. The number of benzene rings is 1. The lowest BCUT2D eigenvalue weighted by Gasteiger charge is -2.19. The van der Waals surface area contributed by atoms with Crippen LogP contribution in [-0.2, 0) is 0 Å². The largest absolute Gasteiger partial charge is 0.412 e. The third kappa shape index (κ3) is 2.70. The number of alkyl halides is 3. The van der Waals surface area contributed by atoms with E-state index >= 15 is 0 Å². The maximum atomic E-state index is 12.4. The highest BCUT2D eigenvalue weighted by Crippen LogP contribution is 2.31. The SMILES string of the molecule is FC(F)(F)C(N[C]=S)c1ccccc1. The first-order valence-corrected chi connectivity index (χ1v) is 4.21. The van der Waals surface area contributed by atoms with Crippen molar-refractivity contribution in [3.05, 3.63) is 35.9 Å². The minimum absolute atomic E-state index is 0.123. The molecule has 0 fully saturated rings. The number of rotatable bonds is 3. The van der Waals surface area contributed by atoms with Crippen molar-refractivity contribution < 1.29 is 13.2 Å². The van der Waals surface area contributed by atoms with Crippen LogP contribution in [0.1, 0.15) is 11.6 Å². The van der Waals surface area contributed by atoms with E-state index in [0.717, 1.165) is 0 Å². The van der Waals surface area contributed by atoms with E-state index in [1.54, 1.807) is 18.2 Å². The number of thiocarbonyl (C=S) groups is 1. The predicted octanol–water partition coefficient (Wildman–Crippen LogP) is 2.71. The molecule has 0 amide bonds. The molecule has 1 N–H and O–H groups in total. The van der Waals surface area contributed by atoms with Crippen LogP contribution >= 0.6 is 12.2 Å². The Morgan fingerprint density at radius 1 is 1.21 bits per heavy atom. The molecule has 75 valence electrons. The molecule has 1 radical (unpaired) electrons. The summed E-state index contributed by atoms with van der Waals surface area (Å²) in [6.07, 6.45) is -4.37. The van der Waals surface area contributed by atoms with Crippen LogP contribution in [0.3, 0.4) is 0 Å². The molecule has 1 atom stereocenters. The molecule has 1 nitrogen and oxygen atoms in total. The number of hydrogen-bond acceptors (Lipinski definition) is 1. The fraction of sp³-hybridized carbons (Fsp3) is 0.222. The average molecular weight is 218 g/mol. The number of nitrogens with one attached hydrogen (secondary N) is 1. The van der Waals surface area contributed by atoms with E-state index in [0.29, 0.717) is 0 Å². The summed E-state index contributed by atoms with van der Waals surface area (Å²) in [7, 11) is 0. The zero-order chi connectivity index (χ0) is 10.6. The molecule has 0 aromatic heterocycles. The fourth-order valence-electron chi connectivity index (χ4n) is 1.06. The van der Waals surface area contributed by atoms with Crippen LogP contribution in [0.4, 0.5) is 13.2 Å². The molecule has 14 heavy (non-hydrogen) atoms. The Hall–Kier alpha value is -1.10. The molecule has 1 unspecified atom stereocenters. The molecule has 1 rings (SSSR count). The number of halogens is 3. The molecule has 0 aliphatic heterocycles. The molecule has 0 heterocycles. The Bertz CT molecular complexity index is 297. The molecule has 0 aliphatic carbocycles. The zero-order valence-electron chi connectivity index (χ0n) is 7.01. The summed E-state index contributed by atoms with van der Waals surface area (Å²) in [6.45, 7) is 0. The third-order valence-electron chi connectivity index (χ3n) is 1.66. The van der Waals surface area contributed by atoms with E-state index < -0.39 is 12.2 Å². The van der Waals surface area contributed by atoms with Crippen LogP contribution < -0.4 is 5.32 Å². The molecule has 1 aromatic carbocycles. The molecule has 0 spiro atoms. The van der Waals surface area contributed by atoms with Crippen molar-refractivity contribution in [1.82, 2.24) is 5.32 Å². The first-order chi connectivity index (χ1) is 6.55. The summed E-state index contributed by atoms with van der Waals surface area (Å²) < 4.78 is 37.3. The van der Waals surface area contributed by atoms with E-state index in [1.807, 2.05) is 10.8 Å². The lowest BCUT2D eigenvalue weighted by molar-refractivity contribution is -0.153. The summed E-state index contributed by atoms with van der Waals surface area (Å²) in [5.41, 5.74) is 2.01. The van der Waals surface area contributed by atoms with Gasteiger partial charge in [0.15, 0.2) is 0 Å². The topological polar surface area (TPSA) is 12.0 Å². The van der Waals surface area contributed by atoms with Gasteiger partial charge in [0.25, 0.3) is 0 Å². The Balaban J connectivity index is 2.95. The minimum atomic E-state index is -4.37. The summed E-state index contributed by atoms with van der Waals surface area (Å²) >= 11 is 4.24. The molecule has 0 saturated carbocycles. The Morgan fingerprint density at radius 3 is 2.21 bits per heavy atom. The maximum absolute atomic E-state index is 12.4. The van der Waals surface area contributed by atoms with Gasteiger partial charge in [0, 0.05) is 0 Å². The quantitative estimate of drug-likeness (QED) is 0.618. The van der Waals surface area contributed by atoms with Gasteiger partial charge in [-0.25, -0.2) is 0 Å². The first-order valence-electron chi connectivity index (χ1n) is 3.80. The molecule has 0 bridgehead atoms. The van der Waals surface area contributed by atoms with Gasteiger partial charge >= 0.3 is 6.18 Å². The van der Waals surface area contributed by atoms with Gasteiger partial charge in [-0.15, -0.1) is 0 Å². The second kappa shape index (κ2) is 4.41.